The SMILES string of the molecule is COc1ccc2c(c1)CCN2C(=O)[C@@H]1OCC[C@@H]1C(C)C. The molecule has 1 aromatic rings. The van der Waals surface area contributed by atoms with Crippen molar-refractivity contribution >= 4 is 11.6 Å². The predicted molar refractivity (Wildman–Crippen MR) is 81.7 cm³/mol. The van der Waals surface area contributed by atoms with Gasteiger partial charge in [0.1, 0.15) is 11.9 Å². The summed E-state index contributed by atoms with van der Waals surface area (Å²) >= 11 is 0. The maximum absolute atomic E-state index is 12.8. The van der Waals surface area contributed by atoms with Crippen LogP contribution in [0.25, 0.3) is 0 Å². The summed E-state index contributed by atoms with van der Waals surface area (Å²) < 4.78 is 11.0. The van der Waals surface area contributed by atoms with E-state index in [1.165, 1.54) is 5.56 Å². The van der Waals surface area contributed by atoms with Crippen molar-refractivity contribution in [2.75, 3.05) is 25.2 Å². The lowest BCUT2D eigenvalue weighted by atomic mass is 9.89. The van der Waals surface area contributed by atoms with E-state index in [9.17, 15) is 4.79 Å². The maximum atomic E-state index is 12.8. The molecule has 0 radical (unpaired) electrons. The second-order valence-corrected chi connectivity index (χ2v) is 6.22. The van der Waals surface area contributed by atoms with Crippen LogP contribution in [0.1, 0.15) is 25.8 Å². The Labute approximate surface area is 126 Å². The number of hydrogen-bond donors (Lipinski definition) is 0. The topological polar surface area (TPSA) is 38.8 Å². The minimum atomic E-state index is -0.280. The van der Waals surface area contributed by atoms with Gasteiger partial charge < -0.3 is 14.4 Å². The van der Waals surface area contributed by atoms with Gasteiger partial charge in [-0.3, -0.25) is 4.79 Å². The highest BCUT2D eigenvalue weighted by molar-refractivity contribution is 5.98. The molecule has 2 aliphatic rings. The average molecular weight is 289 g/mol. The lowest BCUT2D eigenvalue weighted by molar-refractivity contribution is -0.129. The van der Waals surface area contributed by atoms with Crippen LogP contribution in [-0.2, 0) is 16.0 Å². The summed E-state index contributed by atoms with van der Waals surface area (Å²) in [5.74, 6) is 1.77. The fourth-order valence-electron chi connectivity index (χ4n) is 3.43. The van der Waals surface area contributed by atoms with E-state index in [0.717, 1.165) is 30.8 Å². The van der Waals surface area contributed by atoms with Crippen LogP contribution in [0, 0.1) is 11.8 Å². The molecule has 2 atom stereocenters. The summed E-state index contributed by atoms with van der Waals surface area (Å²) in [7, 11) is 1.67. The summed E-state index contributed by atoms with van der Waals surface area (Å²) in [5.41, 5.74) is 2.20. The molecule has 2 aliphatic heterocycles. The molecule has 21 heavy (non-hydrogen) atoms. The van der Waals surface area contributed by atoms with Crippen molar-refractivity contribution < 1.29 is 14.3 Å². The molecule has 1 amide bonds. The third kappa shape index (κ3) is 2.53. The van der Waals surface area contributed by atoms with Crippen molar-refractivity contribution in [3.05, 3.63) is 23.8 Å². The molecule has 0 bridgehead atoms. The number of fused-ring (bicyclic) bond motifs is 1. The number of amides is 1. The Morgan fingerprint density at radius 3 is 2.95 bits per heavy atom. The largest absolute Gasteiger partial charge is 0.497 e. The number of ether oxygens (including phenoxy) is 2. The van der Waals surface area contributed by atoms with Gasteiger partial charge in [0, 0.05) is 18.8 Å². The van der Waals surface area contributed by atoms with Crippen LogP contribution in [0.15, 0.2) is 18.2 Å². The molecule has 0 saturated carbocycles. The first kappa shape index (κ1) is 14.4. The molecular weight excluding hydrogens is 266 g/mol. The molecule has 114 valence electrons. The fourth-order valence-corrected chi connectivity index (χ4v) is 3.43. The smallest absolute Gasteiger partial charge is 0.256 e. The van der Waals surface area contributed by atoms with Crippen LogP contribution >= 0.6 is 0 Å². The zero-order chi connectivity index (χ0) is 15.0. The second kappa shape index (κ2) is 5.68. The van der Waals surface area contributed by atoms with Crippen LogP contribution in [-0.4, -0.2) is 32.3 Å². The molecule has 1 saturated heterocycles. The highest BCUT2D eigenvalue weighted by atomic mass is 16.5. The van der Waals surface area contributed by atoms with Crippen LogP contribution in [0.3, 0.4) is 0 Å². The Hall–Kier alpha value is -1.55. The lowest BCUT2D eigenvalue weighted by Crippen LogP contribution is -2.42. The van der Waals surface area contributed by atoms with Gasteiger partial charge in [-0.05, 0) is 48.4 Å². The number of carbonyl (C=O) groups is 1. The molecule has 0 spiro atoms. The third-order valence-electron chi connectivity index (χ3n) is 4.69. The Balaban J connectivity index is 1.82. The Morgan fingerprint density at radius 2 is 2.24 bits per heavy atom. The van der Waals surface area contributed by atoms with Gasteiger partial charge >= 0.3 is 0 Å². The molecule has 0 aromatic heterocycles. The van der Waals surface area contributed by atoms with Gasteiger partial charge in [-0.1, -0.05) is 13.8 Å². The van der Waals surface area contributed by atoms with E-state index < -0.39 is 0 Å². The monoisotopic (exact) mass is 289 g/mol. The van der Waals surface area contributed by atoms with E-state index in [1.807, 2.05) is 23.1 Å². The summed E-state index contributed by atoms with van der Waals surface area (Å²) in [5, 5.41) is 0. The standard InChI is InChI=1S/C17H23NO3/c1-11(2)14-7-9-21-16(14)17(19)18-8-6-12-10-13(20-3)4-5-15(12)18/h4-5,10-11,14,16H,6-9H2,1-3H3/t14-,16-/m1/s1. The van der Waals surface area contributed by atoms with Crippen molar-refractivity contribution in [3.63, 3.8) is 0 Å². The molecule has 1 fully saturated rings. The van der Waals surface area contributed by atoms with E-state index in [2.05, 4.69) is 13.8 Å². The normalized spacial score (nSPS) is 24.5. The number of benzene rings is 1. The quantitative estimate of drug-likeness (QED) is 0.858. The van der Waals surface area contributed by atoms with Crippen molar-refractivity contribution in [1.29, 1.82) is 0 Å². The number of methoxy groups -OCH3 is 1. The van der Waals surface area contributed by atoms with Gasteiger partial charge in [0.2, 0.25) is 0 Å². The minimum absolute atomic E-state index is 0.120. The lowest BCUT2D eigenvalue weighted by Gasteiger charge is -2.26. The molecule has 0 N–H and O–H groups in total. The summed E-state index contributed by atoms with van der Waals surface area (Å²) in [6.45, 7) is 5.78. The number of nitrogens with zero attached hydrogens (tertiary/aromatic N) is 1. The van der Waals surface area contributed by atoms with E-state index in [0.29, 0.717) is 18.4 Å². The Kier molecular flexibility index (Phi) is 3.89. The van der Waals surface area contributed by atoms with Gasteiger partial charge in [-0.2, -0.15) is 0 Å². The van der Waals surface area contributed by atoms with Crippen molar-refractivity contribution in [2.24, 2.45) is 11.8 Å². The molecule has 0 aliphatic carbocycles. The van der Waals surface area contributed by atoms with E-state index in [4.69, 9.17) is 9.47 Å². The molecule has 3 rings (SSSR count). The van der Waals surface area contributed by atoms with Gasteiger partial charge in [0.05, 0.1) is 7.11 Å². The molecule has 2 heterocycles. The number of rotatable bonds is 3. The van der Waals surface area contributed by atoms with E-state index in [1.54, 1.807) is 7.11 Å². The van der Waals surface area contributed by atoms with Crippen LogP contribution < -0.4 is 9.64 Å². The Morgan fingerprint density at radius 1 is 1.43 bits per heavy atom. The van der Waals surface area contributed by atoms with Gasteiger partial charge in [0.25, 0.3) is 5.91 Å². The van der Waals surface area contributed by atoms with Crippen molar-refractivity contribution in [2.45, 2.75) is 32.8 Å². The molecule has 4 heteroatoms. The van der Waals surface area contributed by atoms with E-state index >= 15 is 0 Å². The summed E-state index contributed by atoms with van der Waals surface area (Å²) in [6, 6.07) is 5.93. The molecule has 0 unspecified atom stereocenters. The van der Waals surface area contributed by atoms with E-state index in [-0.39, 0.29) is 12.0 Å². The highest BCUT2D eigenvalue weighted by Crippen LogP contribution is 2.35. The van der Waals surface area contributed by atoms with Crippen LogP contribution in [0.4, 0.5) is 5.69 Å². The number of anilines is 1. The van der Waals surface area contributed by atoms with Gasteiger partial charge in [-0.25, -0.2) is 0 Å². The molecule has 4 nitrogen and oxygen atoms in total. The molecule has 1 aromatic carbocycles. The minimum Gasteiger partial charge on any atom is -0.497 e. The van der Waals surface area contributed by atoms with Crippen LogP contribution in [0.2, 0.25) is 0 Å². The molecular formula is C17H23NO3. The predicted octanol–water partition coefficient (Wildman–Crippen LogP) is 2.65. The first-order valence-electron chi connectivity index (χ1n) is 7.71. The summed E-state index contributed by atoms with van der Waals surface area (Å²) in [4.78, 5) is 14.7. The number of carbonyl (C=O) groups excluding carboxylic acids is 1. The fraction of sp³-hybridized carbons (Fsp3) is 0.588. The third-order valence-corrected chi connectivity index (χ3v) is 4.69. The van der Waals surface area contributed by atoms with Crippen LogP contribution in [0.5, 0.6) is 5.75 Å². The Bertz CT molecular complexity index is 541. The first-order valence-corrected chi connectivity index (χ1v) is 7.71. The number of hydrogen-bond acceptors (Lipinski definition) is 3. The van der Waals surface area contributed by atoms with Gasteiger partial charge in [0.15, 0.2) is 0 Å². The zero-order valence-electron chi connectivity index (χ0n) is 13.0. The zero-order valence-corrected chi connectivity index (χ0v) is 13.0. The second-order valence-electron chi connectivity index (χ2n) is 6.22. The van der Waals surface area contributed by atoms with Gasteiger partial charge in [-0.15, -0.1) is 0 Å². The van der Waals surface area contributed by atoms with Crippen molar-refractivity contribution in [1.82, 2.24) is 0 Å². The average Bonchev–Trinajstić information content (AvgIpc) is 3.12. The van der Waals surface area contributed by atoms with Crippen molar-refractivity contribution in [3.8, 4) is 5.75 Å². The first-order chi connectivity index (χ1) is 10.1. The summed E-state index contributed by atoms with van der Waals surface area (Å²) in [6.07, 6.45) is 1.59. The highest BCUT2D eigenvalue weighted by Gasteiger charge is 2.40. The maximum Gasteiger partial charge on any atom is 0.256 e.